The van der Waals surface area contributed by atoms with Crippen LogP contribution in [0.15, 0.2) is 22.8 Å². The summed E-state index contributed by atoms with van der Waals surface area (Å²) in [6.45, 7) is 3.30. The van der Waals surface area contributed by atoms with E-state index >= 15 is 0 Å². The highest BCUT2D eigenvalue weighted by Gasteiger charge is 2.37. The van der Waals surface area contributed by atoms with Gasteiger partial charge in [0, 0.05) is 31.5 Å². The van der Waals surface area contributed by atoms with Crippen LogP contribution in [0.5, 0.6) is 0 Å². The number of carbonyl (C=O) groups is 1. The topological polar surface area (TPSA) is 59.5 Å². The van der Waals surface area contributed by atoms with Crippen molar-refractivity contribution in [3.63, 3.8) is 0 Å². The van der Waals surface area contributed by atoms with Crippen molar-refractivity contribution < 1.29 is 9.21 Å². The Morgan fingerprint density at radius 1 is 1.67 bits per heavy atom. The van der Waals surface area contributed by atoms with Gasteiger partial charge in [0.25, 0.3) is 0 Å². The van der Waals surface area contributed by atoms with Gasteiger partial charge in [0.1, 0.15) is 5.76 Å². The maximum absolute atomic E-state index is 11.6. The molecule has 0 spiro atoms. The van der Waals surface area contributed by atoms with Crippen LogP contribution in [0.25, 0.3) is 0 Å². The molecule has 2 rings (SSSR count). The fourth-order valence-corrected chi connectivity index (χ4v) is 1.85. The number of nitrogens with zero attached hydrogens (tertiary/aromatic N) is 1. The van der Waals surface area contributed by atoms with E-state index in [1.165, 1.54) is 0 Å². The van der Waals surface area contributed by atoms with Crippen LogP contribution in [0.4, 0.5) is 0 Å². The standard InChI is InChI=1S/C11H16N2O2/c1-11(12)7-13(8-11)10(14)5-4-9-3-2-6-15-9/h2-3,6H,4-5,7-8,12H2,1H3. The molecule has 0 bridgehead atoms. The van der Waals surface area contributed by atoms with E-state index < -0.39 is 0 Å². The molecule has 4 nitrogen and oxygen atoms in total. The second-order valence-corrected chi connectivity index (χ2v) is 4.48. The zero-order chi connectivity index (χ0) is 10.9. The summed E-state index contributed by atoms with van der Waals surface area (Å²) in [6.07, 6.45) is 2.80. The Morgan fingerprint density at radius 2 is 2.40 bits per heavy atom. The minimum Gasteiger partial charge on any atom is -0.469 e. The van der Waals surface area contributed by atoms with Crippen molar-refractivity contribution in [2.45, 2.75) is 25.3 Å². The zero-order valence-corrected chi connectivity index (χ0v) is 8.90. The number of likely N-dealkylation sites (tertiary alicyclic amines) is 1. The first kappa shape index (κ1) is 10.2. The van der Waals surface area contributed by atoms with Gasteiger partial charge < -0.3 is 15.1 Å². The zero-order valence-electron chi connectivity index (χ0n) is 8.90. The number of aryl methyl sites for hydroxylation is 1. The highest BCUT2D eigenvalue weighted by molar-refractivity contribution is 5.77. The molecule has 0 radical (unpaired) electrons. The SMILES string of the molecule is CC1(N)CN(C(=O)CCc2ccco2)C1. The minimum atomic E-state index is -0.180. The Kier molecular flexibility index (Phi) is 2.52. The molecule has 2 heterocycles. The number of nitrogens with two attached hydrogens (primary N) is 1. The maximum Gasteiger partial charge on any atom is 0.223 e. The highest BCUT2D eigenvalue weighted by Crippen LogP contribution is 2.18. The van der Waals surface area contributed by atoms with Crippen LogP contribution >= 0.6 is 0 Å². The number of hydrogen-bond acceptors (Lipinski definition) is 3. The summed E-state index contributed by atoms with van der Waals surface area (Å²) < 4.78 is 5.16. The Morgan fingerprint density at radius 3 is 2.93 bits per heavy atom. The summed E-state index contributed by atoms with van der Waals surface area (Å²) in [5, 5.41) is 0. The highest BCUT2D eigenvalue weighted by atomic mass is 16.3. The third-order valence-corrected chi connectivity index (χ3v) is 2.62. The summed E-state index contributed by atoms with van der Waals surface area (Å²) in [7, 11) is 0. The summed E-state index contributed by atoms with van der Waals surface area (Å²) in [5.41, 5.74) is 5.65. The first-order valence-electron chi connectivity index (χ1n) is 5.16. The molecule has 2 N–H and O–H groups in total. The minimum absolute atomic E-state index is 0.161. The van der Waals surface area contributed by atoms with Gasteiger partial charge in [-0.3, -0.25) is 4.79 Å². The molecule has 1 fully saturated rings. The van der Waals surface area contributed by atoms with Gasteiger partial charge in [-0.25, -0.2) is 0 Å². The quantitative estimate of drug-likeness (QED) is 0.798. The third kappa shape index (κ3) is 2.39. The van der Waals surface area contributed by atoms with Crippen molar-refractivity contribution in [1.82, 2.24) is 4.90 Å². The Bertz CT molecular complexity index is 335. The van der Waals surface area contributed by atoms with Crippen LogP contribution in [-0.4, -0.2) is 29.4 Å². The molecular formula is C11H16N2O2. The van der Waals surface area contributed by atoms with Gasteiger partial charge in [-0.15, -0.1) is 0 Å². The van der Waals surface area contributed by atoms with E-state index in [9.17, 15) is 4.79 Å². The van der Waals surface area contributed by atoms with Crippen LogP contribution in [-0.2, 0) is 11.2 Å². The third-order valence-electron chi connectivity index (χ3n) is 2.62. The fourth-order valence-electron chi connectivity index (χ4n) is 1.85. The summed E-state index contributed by atoms with van der Waals surface area (Å²) in [4.78, 5) is 13.4. The van der Waals surface area contributed by atoms with E-state index in [0.29, 0.717) is 25.9 Å². The Hall–Kier alpha value is -1.29. The number of rotatable bonds is 3. The van der Waals surface area contributed by atoms with Crippen molar-refractivity contribution in [1.29, 1.82) is 0 Å². The van der Waals surface area contributed by atoms with Crippen molar-refractivity contribution in [3.05, 3.63) is 24.2 Å². The molecule has 1 aromatic rings. The van der Waals surface area contributed by atoms with Gasteiger partial charge in [0.15, 0.2) is 0 Å². The van der Waals surface area contributed by atoms with E-state index in [-0.39, 0.29) is 11.4 Å². The van der Waals surface area contributed by atoms with E-state index in [1.807, 2.05) is 19.1 Å². The van der Waals surface area contributed by atoms with Crippen molar-refractivity contribution in [2.24, 2.45) is 5.73 Å². The summed E-state index contributed by atoms with van der Waals surface area (Å²) >= 11 is 0. The first-order valence-corrected chi connectivity index (χ1v) is 5.16. The lowest BCUT2D eigenvalue weighted by Gasteiger charge is -2.45. The van der Waals surface area contributed by atoms with E-state index in [0.717, 1.165) is 5.76 Å². The molecule has 0 aliphatic carbocycles. The van der Waals surface area contributed by atoms with Crippen molar-refractivity contribution in [2.75, 3.05) is 13.1 Å². The van der Waals surface area contributed by atoms with Crippen molar-refractivity contribution in [3.8, 4) is 0 Å². The fraction of sp³-hybridized carbons (Fsp3) is 0.545. The van der Waals surface area contributed by atoms with Gasteiger partial charge in [0.05, 0.1) is 6.26 Å². The largest absolute Gasteiger partial charge is 0.469 e. The first-order chi connectivity index (χ1) is 7.07. The monoisotopic (exact) mass is 208 g/mol. The molecule has 15 heavy (non-hydrogen) atoms. The smallest absolute Gasteiger partial charge is 0.223 e. The van der Waals surface area contributed by atoms with E-state index in [1.54, 1.807) is 11.2 Å². The molecule has 1 saturated heterocycles. The maximum atomic E-state index is 11.6. The molecule has 1 amide bonds. The van der Waals surface area contributed by atoms with Crippen LogP contribution in [0.3, 0.4) is 0 Å². The lowest BCUT2D eigenvalue weighted by molar-refractivity contribution is -0.138. The van der Waals surface area contributed by atoms with Gasteiger partial charge in [-0.2, -0.15) is 0 Å². The lowest BCUT2D eigenvalue weighted by atomic mass is 9.93. The normalized spacial score (nSPS) is 18.7. The van der Waals surface area contributed by atoms with Gasteiger partial charge in [0.2, 0.25) is 5.91 Å². The van der Waals surface area contributed by atoms with Crippen LogP contribution in [0, 0.1) is 0 Å². The molecular weight excluding hydrogens is 192 g/mol. The number of amides is 1. The van der Waals surface area contributed by atoms with E-state index in [2.05, 4.69) is 0 Å². The molecule has 1 aliphatic rings. The van der Waals surface area contributed by atoms with Crippen LogP contribution in [0.2, 0.25) is 0 Å². The molecule has 0 saturated carbocycles. The Labute approximate surface area is 89.0 Å². The second kappa shape index (κ2) is 3.70. The molecule has 0 aromatic carbocycles. The Balaban J connectivity index is 1.75. The lowest BCUT2D eigenvalue weighted by Crippen LogP contribution is -2.66. The molecule has 1 aliphatic heterocycles. The number of furan rings is 1. The van der Waals surface area contributed by atoms with E-state index in [4.69, 9.17) is 10.2 Å². The van der Waals surface area contributed by atoms with Crippen LogP contribution < -0.4 is 5.73 Å². The number of carbonyl (C=O) groups excluding carboxylic acids is 1. The molecule has 0 atom stereocenters. The van der Waals surface area contributed by atoms with Crippen LogP contribution in [0.1, 0.15) is 19.1 Å². The molecule has 82 valence electrons. The van der Waals surface area contributed by atoms with Gasteiger partial charge in [-0.1, -0.05) is 0 Å². The molecule has 1 aromatic heterocycles. The average Bonchev–Trinajstić information content (AvgIpc) is 2.62. The average molecular weight is 208 g/mol. The van der Waals surface area contributed by atoms with Gasteiger partial charge in [-0.05, 0) is 19.1 Å². The van der Waals surface area contributed by atoms with Gasteiger partial charge >= 0.3 is 0 Å². The number of hydrogen-bond donors (Lipinski definition) is 1. The molecule has 0 unspecified atom stereocenters. The summed E-state index contributed by atoms with van der Waals surface area (Å²) in [6, 6.07) is 3.72. The predicted octanol–water partition coefficient (Wildman–Crippen LogP) is 0.772. The van der Waals surface area contributed by atoms with Crippen molar-refractivity contribution >= 4 is 5.91 Å². The molecule has 4 heteroatoms. The predicted molar refractivity (Wildman–Crippen MR) is 56.2 cm³/mol. The summed E-state index contributed by atoms with van der Waals surface area (Å²) in [5.74, 6) is 1.02. The second-order valence-electron chi connectivity index (χ2n) is 4.48.